The molecule has 0 spiro atoms. The monoisotopic (exact) mass is 200 g/mol. The van der Waals surface area contributed by atoms with Gasteiger partial charge in [0.25, 0.3) is 0 Å². The summed E-state index contributed by atoms with van der Waals surface area (Å²) in [5.41, 5.74) is 0. The molecule has 1 N–H and O–H groups in total. The molecular weight excluding hydrogens is 184 g/mol. The van der Waals surface area contributed by atoms with Gasteiger partial charge in [-0.2, -0.15) is 0 Å². The predicted molar refractivity (Wildman–Crippen MR) is 53.0 cm³/mol. The maximum absolute atomic E-state index is 10.6. The lowest BCUT2D eigenvalue weighted by Gasteiger charge is -2.15. The molecule has 0 saturated heterocycles. The van der Waals surface area contributed by atoms with E-state index in [0.29, 0.717) is 0 Å². The van der Waals surface area contributed by atoms with Crippen molar-refractivity contribution in [2.24, 2.45) is 4.99 Å². The maximum atomic E-state index is 10.6. The van der Waals surface area contributed by atoms with Crippen LogP contribution in [0.25, 0.3) is 0 Å². The van der Waals surface area contributed by atoms with Crippen LogP contribution < -0.4 is 5.32 Å². The number of aliphatic imine (C=N–C) groups is 1. The van der Waals surface area contributed by atoms with Gasteiger partial charge in [0.05, 0.1) is 12.4 Å². The van der Waals surface area contributed by atoms with Crippen LogP contribution in [-0.2, 0) is 14.3 Å². The molecule has 14 heavy (non-hydrogen) atoms. The van der Waals surface area contributed by atoms with Crippen LogP contribution in [0.2, 0.25) is 0 Å². The highest BCUT2D eigenvalue weighted by atomic mass is 16.5. The van der Waals surface area contributed by atoms with Crippen LogP contribution in [0, 0.1) is 0 Å². The number of esters is 1. The van der Waals surface area contributed by atoms with E-state index in [1.165, 1.54) is 20.2 Å². The lowest BCUT2D eigenvalue weighted by molar-refractivity contribution is -0.146. The molecule has 80 valence electrons. The largest absolute Gasteiger partial charge is 0.461 e. The van der Waals surface area contributed by atoms with Gasteiger partial charge in [0.15, 0.2) is 0 Å². The second-order valence-corrected chi connectivity index (χ2v) is 3.03. The van der Waals surface area contributed by atoms with Crippen molar-refractivity contribution in [3.05, 3.63) is 0 Å². The van der Waals surface area contributed by atoms with E-state index < -0.39 is 0 Å². The molecule has 0 saturated carbocycles. The number of carbonyl (C=O) groups is 2. The maximum Gasteiger partial charge on any atom is 0.302 e. The Morgan fingerprint density at radius 3 is 2.36 bits per heavy atom. The van der Waals surface area contributed by atoms with Gasteiger partial charge in [0.2, 0.25) is 5.91 Å². The zero-order valence-corrected chi connectivity index (χ0v) is 8.90. The normalized spacial score (nSPS) is 14.9. The van der Waals surface area contributed by atoms with Crippen molar-refractivity contribution in [1.29, 1.82) is 0 Å². The zero-order chi connectivity index (χ0) is 11.1. The summed E-state index contributed by atoms with van der Waals surface area (Å²) >= 11 is 0. The number of nitrogens with one attached hydrogen (secondary N) is 1. The number of ether oxygens (including phenoxy) is 1. The van der Waals surface area contributed by atoms with Crippen LogP contribution in [0.4, 0.5) is 0 Å². The molecule has 0 radical (unpaired) electrons. The molecule has 5 nitrogen and oxygen atoms in total. The molecule has 1 unspecified atom stereocenters. The van der Waals surface area contributed by atoms with Crippen LogP contribution in [0.5, 0.6) is 0 Å². The third kappa shape index (κ3) is 6.16. The van der Waals surface area contributed by atoms with Crippen LogP contribution in [-0.4, -0.2) is 30.4 Å². The van der Waals surface area contributed by atoms with Gasteiger partial charge in [0.1, 0.15) is 6.10 Å². The van der Waals surface area contributed by atoms with E-state index in [9.17, 15) is 9.59 Å². The third-order valence-electron chi connectivity index (χ3n) is 1.61. The van der Waals surface area contributed by atoms with Gasteiger partial charge in [0, 0.05) is 13.8 Å². The average Bonchev–Trinajstić information content (AvgIpc) is 2.01. The summed E-state index contributed by atoms with van der Waals surface area (Å²) in [4.78, 5) is 25.1. The number of hydrogen-bond donors (Lipinski definition) is 1. The van der Waals surface area contributed by atoms with Gasteiger partial charge >= 0.3 is 5.97 Å². The number of carbonyl (C=O) groups excluding carboxylic acids is 2. The van der Waals surface area contributed by atoms with Gasteiger partial charge in [-0.25, -0.2) is 0 Å². The van der Waals surface area contributed by atoms with Crippen LogP contribution in [0.1, 0.15) is 27.7 Å². The third-order valence-corrected chi connectivity index (χ3v) is 1.61. The number of hydrogen-bond acceptors (Lipinski definition) is 4. The van der Waals surface area contributed by atoms with Crippen LogP contribution >= 0.6 is 0 Å². The Kier molecular flexibility index (Phi) is 5.52. The molecule has 0 fully saturated rings. The van der Waals surface area contributed by atoms with E-state index >= 15 is 0 Å². The Labute approximate surface area is 83.5 Å². The minimum Gasteiger partial charge on any atom is -0.461 e. The molecule has 5 heteroatoms. The summed E-state index contributed by atoms with van der Waals surface area (Å²) in [7, 11) is 0. The van der Waals surface area contributed by atoms with Crippen molar-refractivity contribution in [2.75, 3.05) is 0 Å². The first-order chi connectivity index (χ1) is 6.43. The predicted octanol–water partition coefficient (Wildman–Crippen LogP) is 0.491. The van der Waals surface area contributed by atoms with Crippen molar-refractivity contribution in [1.82, 2.24) is 5.32 Å². The minimum absolute atomic E-state index is 0.175. The molecule has 0 aliphatic heterocycles. The molecule has 0 aromatic carbocycles. The standard InChI is InChI=1S/C9H16N2O3/c1-6(7(2)14-9(4)13)10-5-11-8(3)12/h5-7H,1-4H3,(H,10,11,12)/t6?,7-/m1/s1. The summed E-state index contributed by atoms with van der Waals surface area (Å²) in [5.74, 6) is -0.514. The fourth-order valence-corrected chi connectivity index (χ4v) is 0.727. The second-order valence-electron chi connectivity index (χ2n) is 3.03. The van der Waals surface area contributed by atoms with Gasteiger partial charge < -0.3 is 10.1 Å². The number of amides is 1. The Hall–Kier alpha value is -1.39. The number of rotatable bonds is 4. The zero-order valence-electron chi connectivity index (χ0n) is 8.90. The summed E-state index contributed by atoms with van der Waals surface area (Å²) in [6.45, 7) is 6.29. The van der Waals surface area contributed by atoms with E-state index in [1.54, 1.807) is 13.8 Å². The molecule has 0 aliphatic carbocycles. The summed E-state index contributed by atoms with van der Waals surface area (Å²) in [5, 5.41) is 2.41. The first kappa shape index (κ1) is 12.6. The Morgan fingerprint density at radius 2 is 1.93 bits per heavy atom. The van der Waals surface area contributed by atoms with E-state index in [4.69, 9.17) is 4.74 Å². The summed E-state index contributed by atoms with van der Waals surface area (Å²) < 4.78 is 4.90. The Bertz CT molecular complexity index is 238. The lowest BCUT2D eigenvalue weighted by atomic mass is 10.2. The van der Waals surface area contributed by atoms with Gasteiger partial charge in [-0.05, 0) is 13.8 Å². The summed E-state index contributed by atoms with van der Waals surface area (Å²) in [6, 6.07) is -0.175. The van der Waals surface area contributed by atoms with Gasteiger partial charge in [-0.1, -0.05) is 0 Å². The van der Waals surface area contributed by atoms with E-state index in [0.717, 1.165) is 0 Å². The Morgan fingerprint density at radius 1 is 1.36 bits per heavy atom. The van der Waals surface area contributed by atoms with Crippen molar-refractivity contribution in [3.8, 4) is 0 Å². The van der Waals surface area contributed by atoms with E-state index in [-0.39, 0.29) is 24.0 Å². The summed E-state index contributed by atoms with van der Waals surface area (Å²) in [6.07, 6.45) is 1.02. The highest BCUT2D eigenvalue weighted by molar-refractivity contribution is 5.85. The first-order valence-electron chi connectivity index (χ1n) is 4.39. The first-order valence-corrected chi connectivity index (χ1v) is 4.39. The SMILES string of the molecule is CC(=O)NC=NC(C)[C@@H](C)OC(C)=O. The molecule has 1 amide bonds. The van der Waals surface area contributed by atoms with E-state index in [2.05, 4.69) is 10.3 Å². The fourth-order valence-electron chi connectivity index (χ4n) is 0.727. The van der Waals surface area contributed by atoms with Gasteiger partial charge in [-0.15, -0.1) is 0 Å². The quantitative estimate of drug-likeness (QED) is 0.408. The molecular formula is C9H16N2O3. The molecule has 0 aliphatic rings. The van der Waals surface area contributed by atoms with Crippen LogP contribution in [0.15, 0.2) is 4.99 Å². The smallest absolute Gasteiger partial charge is 0.302 e. The van der Waals surface area contributed by atoms with Crippen molar-refractivity contribution >= 4 is 18.2 Å². The average molecular weight is 200 g/mol. The van der Waals surface area contributed by atoms with Crippen molar-refractivity contribution < 1.29 is 14.3 Å². The fraction of sp³-hybridized carbons (Fsp3) is 0.667. The van der Waals surface area contributed by atoms with Gasteiger partial charge in [-0.3, -0.25) is 14.6 Å². The molecule has 0 heterocycles. The molecule has 0 rings (SSSR count). The van der Waals surface area contributed by atoms with Crippen LogP contribution in [0.3, 0.4) is 0 Å². The highest BCUT2D eigenvalue weighted by Gasteiger charge is 2.12. The Balaban J connectivity index is 3.93. The molecule has 0 bridgehead atoms. The second kappa shape index (κ2) is 6.12. The van der Waals surface area contributed by atoms with E-state index in [1.807, 2.05) is 0 Å². The number of nitrogens with zero attached hydrogens (tertiary/aromatic N) is 1. The molecule has 0 aromatic rings. The lowest BCUT2D eigenvalue weighted by Crippen LogP contribution is -2.26. The van der Waals surface area contributed by atoms with Crippen molar-refractivity contribution in [2.45, 2.75) is 39.8 Å². The molecule has 0 aromatic heterocycles. The van der Waals surface area contributed by atoms with Crippen molar-refractivity contribution in [3.63, 3.8) is 0 Å². The highest BCUT2D eigenvalue weighted by Crippen LogP contribution is 2.01. The molecule has 2 atom stereocenters. The topological polar surface area (TPSA) is 67.8 Å². The minimum atomic E-state index is -0.334.